The molecule has 0 radical (unpaired) electrons. The van der Waals surface area contributed by atoms with Crippen LogP contribution in [0.2, 0.25) is 0 Å². The van der Waals surface area contributed by atoms with Crippen LogP contribution in [0.4, 0.5) is 0 Å². The Kier molecular flexibility index (Phi) is 15.4. The molecule has 0 heterocycles. The summed E-state index contributed by atoms with van der Waals surface area (Å²) in [5.74, 6) is -1.48. The van der Waals surface area contributed by atoms with E-state index in [2.05, 4.69) is 6.92 Å². The fourth-order valence-corrected chi connectivity index (χ4v) is 3.18. The maximum Gasteiger partial charge on any atom is 1.00 e. The van der Waals surface area contributed by atoms with Gasteiger partial charge in [-0.3, -0.25) is 0 Å². The number of carboxylic acids is 1. The van der Waals surface area contributed by atoms with Crippen LogP contribution in [-0.4, -0.2) is 11.1 Å². The predicted octanol–water partition coefficient (Wildman–Crippen LogP) is 2.71. The zero-order valence-corrected chi connectivity index (χ0v) is 18.2. The van der Waals surface area contributed by atoms with E-state index in [1.54, 1.807) is 12.1 Å². The Hall–Kier alpha value is -0.510. The van der Waals surface area contributed by atoms with Gasteiger partial charge >= 0.3 is 35.5 Å². The number of aromatic carboxylic acids is 1. The van der Waals surface area contributed by atoms with Gasteiger partial charge in [-0.25, -0.2) is 4.79 Å². The van der Waals surface area contributed by atoms with Gasteiger partial charge in [0, 0.05) is 0 Å². The summed E-state index contributed by atoms with van der Waals surface area (Å²) in [7, 11) is 0. The quantitative estimate of drug-likeness (QED) is 0.412. The Bertz CT molecular complexity index is 474. The molecule has 0 amide bonds. The van der Waals surface area contributed by atoms with Crippen LogP contribution in [0.25, 0.3) is 0 Å². The van der Waals surface area contributed by atoms with Crippen molar-refractivity contribution in [3.8, 4) is 5.75 Å². The molecular weight excluding hydrogens is 323 g/mol. The van der Waals surface area contributed by atoms with E-state index < -0.39 is 5.97 Å². The average molecular weight is 356 g/mol. The van der Waals surface area contributed by atoms with Crippen molar-refractivity contribution in [2.45, 2.75) is 90.4 Å². The average Bonchev–Trinajstić information content (AvgIpc) is 2.55. The van der Waals surface area contributed by atoms with Crippen LogP contribution >= 0.6 is 0 Å². The molecule has 25 heavy (non-hydrogen) atoms. The van der Waals surface area contributed by atoms with Crippen LogP contribution < -0.4 is 34.7 Å². The van der Waals surface area contributed by atoms with E-state index in [1.165, 1.54) is 70.3 Å². The monoisotopic (exact) mass is 356 g/mol. The Morgan fingerprint density at radius 2 is 1.36 bits per heavy atom. The molecule has 0 aliphatic carbocycles. The summed E-state index contributed by atoms with van der Waals surface area (Å²) in [5, 5.41) is 20.8. The van der Waals surface area contributed by atoms with E-state index in [-0.39, 0.29) is 40.9 Å². The van der Waals surface area contributed by atoms with E-state index in [1.807, 2.05) is 0 Å². The first-order chi connectivity index (χ1) is 11.7. The molecule has 0 spiro atoms. The normalized spacial score (nSPS) is 10.4. The molecule has 136 valence electrons. The van der Waals surface area contributed by atoms with Gasteiger partial charge in [0.15, 0.2) is 0 Å². The maximum atomic E-state index is 11.6. The number of carbonyl (C=O) groups is 1. The summed E-state index contributed by atoms with van der Waals surface area (Å²) in [6.45, 7) is 2.25. The number of hydrogen-bond acceptors (Lipinski definition) is 2. The molecule has 4 heteroatoms. The van der Waals surface area contributed by atoms with Crippen molar-refractivity contribution >= 4 is 5.97 Å². The van der Waals surface area contributed by atoms with Crippen molar-refractivity contribution in [3.05, 3.63) is 29.3 Å². The topological polar surface area (TPSA) is 60.4 Å². The second-order valence-electron chi connectivity index (χ2n) is 6.73. The number of hydrogen-bond donors (Lipinski definition) is 1. The summed E-state index contributed by atoms with van der Waals surface area (Å²) in [4.78, 5) is 11.2. The van der Waals surface area contributed by atoms with Gasteiger partial charge in [-0.1, -0.05) is 102 Å². The summed E-state index contributed by atoms with van der Waals surface area (Å²) in [5.41, 5.74) is 0.641. The van der Waals surface area contributed by atoms with Crippen molar-refractivity contribution < 1.29 is 44.6 Å². The third-order valence-electron chi connectivity index (χ3n) is 4.63. The molecule has 0 aliphatic rings. The molecule has 0 aromatic heterocycles. The molecule has 0 unspecified atom stereocenters. The Morgan fingerprint density at radius 3 is 1.84 bits per heavy atom. The molecule has 0 saturated heterocycles. The molecule has 1 N–H and O–H groups in total. The van der Waals surface area contributed by atoms with Crippen molar-refractivity contribution in [2.24, 2.45) is 0 Å². The van der Waals surface area contributed by atoms with E-state index in [0.717, 1.165) is 12.8 Å². The molecule has 0 fully saturated rings. The van der Waals surface area contributed by atoms with Crippen LogP contribution in [0.15, 0.2) is 18.2 Å². The molecule has 1 rings (SSSR count). The van der Waals surface area contributed by atoms with Gasteiger partial charge < -0.3 is 10.2 Å². The Labute approximate surface area is 175 Å². The van der Waals surface area contributed by atoms with Crippen molar-refractivity contribution in [1.29, 1.82) is 0 Å². The summed E-state index contributed by atoms with van der Waals surface area (Å²) < 4.78 is 0. The van der Waals surface area contributed by atoms with Crippen LogP contribution in [0.5, 0.6) is 5.75 Å². The minimum absolute atomic E-state index is 0. The molecule has 0 saturated carbocycles. The van der Waals surface area contributed by atoms with E-state index >= 15 is 0 Å². The Balaban J connectivity index is 0.00000576. The molecular formula is C21H33NaO3. The second-order valence-corrected chi connectivity index (χ2v) is 6.73. The number of benzene rings is 1. The van der Waals surface area contributed by atoms with Crippen LogP contribution in [0.3, 0.4) is 0 Å². The minimum atomic E-state index is -1.10. The zero-order valence-electron chi connectivity index (χ0n) is 16.2. The van der Waals surface area contributed by atoms with Gasteiger partial charge in [-0.05, 0) is 18.4 Å². The van der Waals surface area contributed by atoms with Crippen LogP contribution in [0.1, 0.15) is 99.9 Å². The smallest absolute Gasteiger partial charge is 0.872 e. The first-order valence-electron chi connectivity index (χ1n) is 9.69. The fourth-order valence-electron chi connectivity index (χ4n) is 3.18. The predicted molar refractivity (Wildman–Crippen MR) is 97.6 cm³/mol. The van der Waals surface area contributed by atoms with Gasteiger partial charge in [0.1, 0.15) is 0 Å². The fraction of sp³-hybridized carbons (Fsp3) is 0.667. The summed E-state index contributed by atoms with van der Waals surface area (Å²) in [6, 6.07) is 4.75. The van der Waals surface area contributed by atoms with Gasteiger partial charge in [0.05, 0.1) is 5.56 Å². The number of aryl methyl sites for hydroxylation is 1. The first-order valence-corrected chi connectivity index (χ1v) is 9.69. The molecule has 1 aromatic rings. The van der Waals surface area contributed by atoms with Gasteiger partial charge in [-0.15, -0.1) is 0 Å². The molecule has 3 nitrogen and oxygen atoms in total. The Morgan fingerprint density at radius 1 is 0.880 bits per heavy atom. The SMILES string of the molecule is CCCCCCCCCCCCCCc1cccc([O-])c1C(=O)O.[Na+]. The second kappa shape index (κ2) is 15.7. The molecule has 0 bridgehead atoms. The van der Waals surface area contributed by atoms with E-state index in [0.29, 0.717) is 12.0 Å². The van der Waals surface area contributed by atoms with Gasteiger partial charge in [0.25, 0.3) is 0 Å². The standard InChI is InChI=1S/C21H34O3.Na/c1-2-3-4-5-6-7-8-9-10-11-12-13-15-18-16-14-17-19(22)20(18)21(23)24;/h14,16-17,22H,2-13,15H2,1H3,(H,23,24);/q;+1/p-1. The van der Waals surface area contributed by atoms with E-state index in [4.69, 9.17) is 5.11 Å². The molecule has 0 aliphatic heterocycles. The zero-order chi connectivity index (χ0) is 17.6. The largest absolute Gasteiger partial charge is 1.00 e. The van der Waals surface area contributed by atoms with Gasteiger partial charge in [-0.2, -0.15) is 0 Å². The summed E-state index contributed by atoms with van der Waals surface area (Å²) in [6.07, 6.45) is 16.1. The van der Waals surface area contributed by atoms with Gasteiger partial charge in [0.2, 0.25) is 0 Å². The van der Waals surface area contributed by atoms with Crippen molar-refractivity contribution in [3.63, 3.8) is 0 Å². The molecule has 0 atom stereocenters. The number of rotatable bonds is 14. The number of carboxylic acid groups (broad SMARTS) is 1. The van der Waals surface area contributed by atoms with Crippen molar-refractivity contribution in [2.75, 3.05) is 0 Å². The third-order valence-corrected chi connectivity index (χ3v) is 4.63. The first kappa shape index (κ1) is 24.5. The summed E-state index contributed by atoms with van der Waals surface area (Å²) >= 11 is 0. The van der Waals surface area contributed by atoms with Crippen molar-refractivity contribution in [1.82, 2.24) is 0 Å². The maximum absolute atomic E-state index is 11.6. The van der Waals surface area contributed by atoms with E-state index in [9.17, 15) is 9.90 Å². The third kappa shape index (κ3) is 10.9. The van der Waals surface area contributed by atoms with Crippen LogP contribution in [-0.2, 0) is 6.42 Å². The van der Waals surface area contributed by atoms with Crippen LogP contribution in [0, 0.1) is 0 Å². The molecule has 1 aromatic carbocycles. The number of unbranched alkanes of at least 4 members (excludes halogenated alkanes) is 11. The minimum Gasteiger partial charge on any atom is -0.872 e.